The summed E-state index contributed by atoms with van der Waals surface area (Å²) in [5, 5.41) is 11.7. The third-order valence-electron chi connectivity index (χ3n) is 5.57. The minimum atomic E-state index is -1.63. The molecule has 23 heavy (non-hydrogen) atoms. The Bertz CT molecular complexity index is 752. The van der Waals surface area contributed by atoms with Crippen LogP contribution in [0.1, 0.15) is 67.6 Å². The minimum absolute atomic E-state index is 0.0255. The highest BCUT2D eigenvalue weighted by molar-refractivity contribution is 6.13. The van der Waals surface area contributed by atoms with Crippen LogP contribution in [0, 0.1) is 18.3 Å². The topological polar surface area (TPSA) is 54.4 Å². The second kappa shape index (κ2) is 4.88. The van der Waals surface area contributed by atoms with Crippen molar-refractivity contribution in [2.75, 3.05) is 0 Å². The van der Waals surface area contributed by atoms with Gasteiger partial charge in [0.2, 0.25) is 0 Å². The molecule has 1 atom stereocenters. The van der Waals surface area contributed by atoms with Crippen molar-refractivity contribution >= 4 is 17.6 Å². The molecule has 0 heterocycles. The number of carbonyl (C=O) groups excluding carboxylic acids is 2. The number of Topliss-reactive ketones (excluding diaryl/α,β-unsaturated/α-hetero) is 2. The van der Waals surface area contributed by atoms with Crippen molar-refractivity contribution in [1.82, 2.24) is 0 Å². The Morgan fingerprint density at radius 2 is 1.83 bits per heavy atom. The van der Waals surface area contributed by atoms with E-state index in [9.17, 15) is 14.7 Å². The molecule has 1 unspecified atom stereocenters. The van der Waals surface area contributed by atoms with Gasteiger partial charge < -0.3 is 5.11 Å². The van der Waals surface area contributed by atoms with Crippen LogP contribution in [0.2, 0.25) is 0 Å². The third kappa shape index (κ3) is 1.99. The standard InChI is InChI=1S/C20H24O3/c1-11(2)14-10-13-7-6-12(3)16-15(21)8-9-19(4,5)20(23,17(13)16)18(14)22/h6-7,10-11,23H,8-9H2,1-5H3. The molecular weight excluding hydrogens is 288 g/mol. The number of benzene rings is 1. The van der Waals surface area contributed by atoms with Gasteiger partial charge in [-0.15, -0.1) is 0 Å². The van der Waals surface area contributed by atoms with Crippen LogP contribution in [0.15, 0.2) is 17.7 Å². The molecule has 3 nitrogen and oxygen atoms in total. The predicted molar refractivity (Wildman–Crippen MR) is 90.2 cm³/mol. The Hall–Kier alpha value is -1.74. The van der Waals surface area contributed by atoms with Crippen LogP contribution in [0.25, 0.3) is 6.08 Å². The van der Waals surface area contributed by atoms with Gasteiger partial charge in [0.1, 0.15) is 0 Å². The van der Waals surface area contributed by atoms with E-state index in [1.807, 2.05) is 52.8 Å². The van der Waals surface area contributed by atoms with E-state index in [2.05, 4.69) is 0 Å². The molecule has 2 aliphatic carbocycles. The molecule has 0 aliphatic heterocycles. The van der Waals surface area contributed by atoms with Gasteiger partial charge in [-0.3, -0.25) is 9.59 Å². The molecule has 1 aromatic carbocycles. The second-order valence-corrected chi connectivity index (χ2v) is 7.82. The monoisotopic (exact) mass is 312 g/mol. The zero-order valence-corrected chi connectivity index (χ0v) is 14.5. The Morgan fingerprint density at radius 3 is 2.43 bits per heavy atom. The number of aryl methyl sites for hydroxylation is 1. The van der Waals surface area contributed by atoms with Gasteiger partial charge in [0.25, 0.3) is 0 Å². The van der Waals surface area contributed by atoms with Crippen LogP contribution < -0.4 is 0 Å². The highest BCUT2D eigenvalue weighted by Crippen LogP contribution is 2.53. The van der Waals surface area contributed by atoms with Crippen molar-refractivity contribution < 1.29 is 14.7 Å². The van der Waals surface area contributed by atoms with Gasteiger partial charge in [-0.2, -0.15) is 0 Å². The van der Waals surface area contributed by atoms with Gasteiger partial charge in [0, 0.05) is 28.5 Å². The van der Waals surface area contributed by atoms with Crippen LogP contribution in [-0.4, -0.2) is 16.7 Å². The summed E-state index contributed by atoms with van der Waals surface area (Å²) in [6.07, 6.45) is 2.71. The quantitative estimate of drug-likeness (QED) is 0.858. The Balaban J connectivity index is 2.47. The third-order valence-corrected chi connectivity index (χ3v) is 5.57. The smallest absolute Gasteiger partial charge is 0.195 e. The Kier molecular flexibility index (Phi) is 3.42. The van der Waals surface area contributed by atoms with Crippen molar-refractivity contribution in [3.05, 3.63) is 40.0 Å². The van der Waals surface area contributed by atoms with Gasteiger partial charge in [0.05, 0.1) is 0 Å². The molecule has 0 bridgehead atoms. The Labute approximate surface area is 137 Å². The normalized spacial score (nSPS) is 26.0. The van der Waals surface area contributed by atoms with Crippen LogP contribution in [-0.2, 0) is 10.4 Å². The van der Waals surface area contributed by atoms with E-state index in [0.29, 0.717) is 29.5 Å². The molecule has 0 spiro atoms. The molecule has 3 heteroatoms. The van der Waals surface area contributed by atoms with E-state index in [-0.39, 0.29) is 17.5 Å². The molecule has 122 valence electrons. The summed E-state index contributed by atoms with van der Waals surface area (Å²) in [5.74, 6) is -0.191. The van der Waals surface area contributed by atoms with E-state index >= 15 is 0 Å². The second-order valence-electron chi connectivity index (χ2n) is 7.82. The van der Waals surface area contributed by atoms with Gasteiger partial charge in [-0.25, -0.2) is 0 Å². The van der Waals surface area contributed by atoms with Crippen LogP contribution in [0.4, 0.5) is 0 Å². The van der Waals surface area contributed by atoms with Crippen molar-refractivity contribution in [2.24, 2.45) is 11.3 Å². The predicted octanol–water partition coefficient (Wildman–Crippen LogP) is 3.81. The number of rotatable bonds is 1. The summed E-state index contributed by atoms with van der Waals surface area (Å²) in [4.78, 5) is 25.9. The zero-order chi connectivity index (χ0) is 17.2. The molecule has 3 rings (SSSR count). The first-order valence-electron chi connectivity index (χ1n) is 8.27. The summed E-state index contributed by atoms with van der Waals surface area (Å²) in [7, 11) is 0. The van der Waals surface area contributed by atoms with E-state index in [0.717, 1.165) is 11.1 Å². The molecule has 2 aliphatic rings. The highest BCUT2D eigenvalue weighted by atomic mass is 16.3. The average Bonchev–Trinajstić information content (AvgIpc) is 2.55. The maximum absolute atomic E-state index is 13.2. The number of hydrogen-bond donors (Lipinski definition) is 1. The largest absolute Gasteiger partial charge is 0.376 e. The average molecular weight is 312 g/mol. The van der Waals surface area contributed by atoms with Gasteiger partial charge in [0.15, 0.2) is 17.2 Å². The maximum atomic E-state index is 13.2. The van der Waals surface area contributed by atoms with Crippen molar-refractivity contribution in [3.63, 3.8) is 0 Å². The van der Waals surface area contributed by atoms with E-state index in [1.54, 1.807) is 0 Å². The van der Waals surface area contributed by atoms with E-state index < -0.39 is 11.0 Å². The molecule has 0 aromatic heterocycles. The first kappa shape index (κ1) is 16.1. The molecule has 0 fully saturated rings. The lowest BCUT2D eigenvalue weighted by atomic mass is 9.61. The number of hydrogen-bond acceptors (Lipinski definition) is 3. The minimum Gasteiger partial charge on any atom is -0.376 e. The van der Waals surface area contributed by atoms with Gasteiger partial charge in [-0.1, -0.05) is 39.8 Å². The van der Waals surface area contributed by atoms with E-state index in [1.165, 1.54) is 0 Å². The fraction of sp³-hybridized carbons (Fsp3) is 0.500. The van der Waals surface area contributed by atoms with Crippen LogP contribution in [0.5, 0.6) is 0 Å². The summed E-state index contributed by atoms with van der Waals surface area (Å²) < 4.78 is 0. The lowest BCUT2D eigenvalue weighted by Crippen LogP contribution is -2.51. The fourth-order valence-electron chi connectivity index (χ4n) is 3.95. The fourth-order valence-corrected chi connectivity index (χ4v) is 3.95. The van der Waals surface area contributed by atoms with Crippen LogP contribution >= 0.6 is 0 Å². The zero-order valence-electron chi connectivity index (χ0n) is 14.5. The lowest BCUT2D eigenvalue weighted by molar-refractivity contribution is -0.150. The number of carbonyl (C=O) groups is 2. The van der Waals surface area contributed by atoms with E-state index in [4.69, 9.17) is 0 Å². The molecular formula is C20H24O3. The SMILES string of the molecule is Cc1ccc2c3c1C(=O)CCC(C)(C)C3(O)C(=O)C(C(C)C)=C2. The first-order valence-corrected chi connectivity index (χ1v) is 8.27. The summed E-state index contributed by atoms with van der Waals surface area (Å²) in [5.41, 5.74) is 1.02. The van der Waals surface area contributed by atoms with Gasteiger partial charge >= 0.3 is 0 Å². The highest BCUT2D eigenvalue weighted by Gasteiger charge is 2.57. The molecule has 0 radical (unpaired) electrons. The van der Waals surface area contributed by atoms with Crippen molar-refractivity contribution in [2.45, 2.75) is 53.1 Å². The van der Waals surface area contributed by atoms with Crippen molar-refractivity contribution in [1.29, 1.82) is 0 Å². The van der Waals surface area contributed by atoms with Crippen molar-refractivity contribution in [3.8, 4) is 0 Å². The summed E-state index contributed by atoms with van der Waals surface area (Å²) in [6, 6.07) is 3.83. The number of ketones is 2. The first-order chi connectivity index (χ1) is 10.6. The molecule has 1 aromatic rings. The Morgan fingerprint density at radius 1 is 1.17 bits per heavy atom. The molecule has 0 saturated carbocycles. The summed E-state index contributed by atoms with van der Waals surface area (Å²) >= 11 is 0. The molecule has 0 amide bonds. The summed E-state index contributed by atoms with van der Waals surface area (Å²) in [6.45, 7) is 9.58. The molecule has 1 N–H and O–H groups in total. The van der Waals surface area contributed by atoms with Crippen LogP contribution in [0.3, 0.4) is 0 Å². The number of aliphatic hydroxyl groups is 1. The molecule has 0 saturated heterocycles. The van der Waals surface area contributed by atoms with Gasteiger partial charge in [-0.05, 0) is 36.5 Å². The lowest BCUT2D eigenvalue weighted by Gasteiger charge is -2.44. The maximum Gasteiger partial charge on any atom is 0.195 e.